The van der Waals surface area contributed by atoms with Crippen molar-refractivity contribution in [1.82, 2.24) is 15.1 Å². The summed E-state index contributed by atoms with van der Waals surface area (Å²) in [4.78, 5) is 17.8. The summed E-state index contributed by atoms with van der Waals surface area (Å²) in [6.45, 7) is 6.97. The first kappa shape index (κ1) is 23.8. The second-order valence-corrected chi connectivity index (χ2v) is 9.44. The van der Waals surface area contributed by atoms with Crippen LogP contribution < -0.4 is 10.1 Å². The molecule has 0 saturated carbocycles. The van der Waals surface area contributed by atoms with Gasteiger partial charge in [0.1, 0.15) is 5.75 Å². The van der Waals surface area contributed by atoms with Crippen LogP contribution in [0.5, 0.6) is 5.75 Å². The third-order valence-corrected chi connectivity index (χ3v) is 7.20. The Morgan fingerprint density at radius 1 is 0.939 bits per heavy atom. The molecule has 2 saturated heterocycles. The molecule has 2 aliphatic heterocycles. The van der Waals surface area contributed by atoms with Gasteiger partial charge in [-0.05, 0) is 107 Å². The number of hydrogen-bond donors (Lipinski definition) is 1. The molecule has 5 heteroatoms. The average molecular weight is 450 g/mol. The summed E-state index contributed by atoms with van der Waals surface area (Å²) in [5.41, 5.74) is 2.87. The van der Waals surface area contributed by atoms with E-state index in [1.807, 2.05) is 48.5 Å². The number of ether oxygens (including phenoxy) is 1. The third kappa shape index (κ3) is 6.81. The van der Waals surface area contributed by atoms with E-state index in [0.717, 1.165) is 48.8 Å². The molecular weight excluding hydrogens is 410 g/mol. The van der Waals surface area contributed by atoms with Crippen molar-refractivity contribution >= 4 is 5.91 Å². The summed E-state index contributed by atoms with van der Waals surface area (Å²) >= 11 is 0. The molecule has 2 aromatic carbocycles. The highest BCUT2D eigenvalue weighted by atomic mass is 16.5. The van der Waals surface area contributed by atoms with Gasteiger partial charge in [-0.25, -0.2) is 0 Å². The number of amides is 1. The highest BCUT2D eigenvalue weighted by Gasteiger charge is 2.25. The normalized spacial score (nSPS) is 18.2. The minimum atomic E-state index is 0.00883. The standard InChI is InChI=1S/C28H39N3O2/c1-33-27-9-7-8-25(22-27)23-10-12-24(13-11-23)28(32)29-16-3-6-17-30-20-14-26(15-21-30)31-18-4-2-5-19-31/h7-13,22,26H,2-6,14-21H2,1H3,(H,29,32). The van der Waals surface area contributed by atoms with Crippen molar-refractivity contribution in [2.24, 2.45) is 0 Å². The predicted octanol–water partition coefficient (Wildman–Crippen LogP) is 4.82. The Balaban J connectivity index is 1.12. The lowest BCUT2D eigenvalue weighted by molar-refractivity contribution is 0.0911. The van der Waals surface area contributed by atoms with Crippen molar-refractivity contribution < 1.29 is 9.53 Å². The molecule has 0 bridgehead atoms. The van der Waals surface area contributed by atoms with E-state index in [2.05, 4.69) is 15.1 Å². The number of benzene rings is 2. The highest BCUT2D eigenvalue weighted by Crippen LogP contribution is 2.24. The Bertz CT molecular complexity index is 869. The minimum absolute atomic E-state index is 0.00883. The van der Waals surface area contributed by atoms with Gasteiger partial charge in [0, 0.05) is 18.2 Å². The Morgan fingerprint density at radius 2 is 1.70 bits per heavy atom. The van der Waals surface area contributed by atoms with Gasteiger partial charge >= 0.3 is 0 Å². The van der Waals surface area contributed by atoms with Crippen LogP contribution in [0.25, 0.3) is 11.1 Å². The number of likely N-dealkylation sites (tertiary alicyclic amines) is 2. The Kier molecular flexibility index (Phi) is 8.79. The molecule has 1 N–H and O–H groups in total. The highest BCUT2D eigenvalue weighted by molar-refractivity contribution is 5.94. The van der Waals surface area contributed by atoms with Gasteiger partial charge in [0.05, 0.1) is 7.11 Å². The zero-order valence-corrected chi connectivity index (χ0v) is 20.1. The first-order chi connectivity index (χ1) is 16.2. The fourth-order valence-electron chi connectivity index (χ4n) is 5.17. The van der Waals surface area contributed by atoms with Gasteiger partial charge in [0.25, 0.3) is 5.91 Å². The third-order valence-electron chi connectivity index (χ3n) is 7.20. The van der Waals surface area contributed by atoms with E-state index in [1.165, 1.54) is 58.3 Å². The van der Waals surface area contributed by atoms with Crippen LogP contribution in [0.2, 0.25) is 0 Å². The fraction of sp³-hybridized carbons (Fsp3) is 0.536. The number of hydrogen-bond acceptors (Lipinski definition) is 4. The van der Waals surface area contributed by atoms with Crippen LogP contribution in [0, 0.1) is 0 Å². The second-order valence-electron chi connectivity index (χ2n) is 9.44. The molecule has 0 aliphatic carbocycles. The number of nitrogens with zero attached hydrogens (tertiary/aromatic N) is 2. The van der Waals surface area contributed by atoms with Gasteiger partial charge in [-0.1, -0.05) is 30.7 Å². The number of unbranched alkanes of at least 4 members (excludes halogenated alkanes) is 1. The van der Waals surface area contributed by atoms with Crippen LogP contribution in [0.15, 0.2) is 48.5 Å². The lowest BCUT2D eigenvalue weighted by Gasteiger charge is -2.40. The maximum atomic E-state index is 12.5. The summed E-state index contributed by atoms with van der Waals surface area (Å²) in [6.07, 6.45) is 9.01. The van der Waals surface area contributed by atoms with E-state index >= 15 is 0 Å². The fourth-order valence-corrected chi connectivity index (χ4v) is 5.17. The molecule has 0 radical (unpaired) electrons. The largest absolute Gasteiger partial charge is 0.497 e. The van der Waals surface area contributed by atoms with E-state index in [0.29, 0.717) is 5.56 Å². The maximum Gasteiger partial charge on any atom is 0.251 e. The Morgan fingerprint density at radius 3 is 2.42 bits per heavy atom. The Labute approximate surface area is 199 Å². The zero-order chi connectivity index (χ0) is 22.9. The van der Waals surface area contributed by atoms with Crippen molar-refractivity contribution in [2.75, 3.05) is 46.4 Å². The predicted molar refractivity (Wildman–Crippen MR) is 135 cm³/mol. The number of piperidine rings is 2. The Hall–Kier alpha value is -2.37. The molecule has 2 heterocycles. The molecule has 33 heavy (non-hydrogen) atoms. The molecule has 2 aromatic rings. The number of methoxy groups -OCH3 is 1. The van der Waals surface area contributed by atoms with Gasteiger partial charge < -0.3 is 19.9 Å². The number of rotatable bonds is 9. The number of nitrogens with one attached hydrogen (secondary N) is 1. The van der Waals surface area contributed by atoms with Crippen LogP contribution in [0.4, 0.5) is 0 Å². The molecule has 4 rings (SSSR count). The number of carbonyl (C=O) groups is 1. The summed E-state index contributed by atoms with van der Waals surface area (Å²) < 4.78 is 5.30. The van der Waals surface area contributed by atoms with Gasteiger partial charge in [-0.3, -0.25) is 4.79 Å². The van der Waals surface area contributed by atoms with Crippen molar-refractivity contribution in [3.63, 3.8) is 0 Å². The van der Waals surface area contributed by atoms with Crippen molar-refractivity contribution in [1.29, 1.82) is 0 Å². The van der Waals surface area contributed by atoms with E-state index < -0.39 is 0 Å². The van der Waals surface area contributed by atoms with Crippen LogP contribution in [0.3, 0.4) is 0 Å². The molecule has 178 valence electrons. The van der Waals surface area contributed by atoms with Gasteiger partial charge in [-0.15, -0.1) is 0 Å². The maximum absolute atomic E-state index is 12.5. The molecule has 0 atom stereocenters. The zero-order valence-electron chi connectivity index (χ0n) is 20.1. The number of carbonyl (C=O) groups excluding carboxylic acids is 1. The quantitative estimate of drug-likeness (QED) is 0.558. The van der Waals surface area contributed by atoms with E-state index in [4.69, 9.17) is 4.74 Å². The monoisotopic (exact) mass is 449 g/mol. The van der Waals surface area contributed by atoms with Crippen LogP contribution in [-0.4, -0.2) is 68.1 Å². The topological polar surface area (TPSA) is 44.8 Å². The summed E-state index contributed by atoms with van der Waals surface area (Å²) in [5.74, 6) is 0.843. The average Bonchev–Trinajstić information content (AvgIpc) is 2.89. The smallest absolute Gasteiger partial charge is 0.251 e. The first-order valence-corrected chi connectivity index (χ1v) is 12.7. The summed E-state index contributed by atoms with van der Waals surface area (Å²) in [7, 11) is 1.67. The van der Waals surface area contributed by atoms with Gasteiger partial charge in [-0.2, -0.15) is 0 Å². The van der Waals surface area contributed by atoms with Crippen LogP contribution in [-0.2, 0) is 0 Å². The van der Waals surface area contributed by atoms with Crippen molar-refractivity contribution in [2.45, 2.75) is 51.0 Å². The molecule has 0 aromatic heterocycles. The molecule has 2 aliphatic rings. The second kappa shape index (κ2) is 12.2. The van der Waals surface area contributed by atoms with Crippen molar-refractivity contribution in [3.05, 3.63) is 54.1 Å². The SMILES string of the molecule is COc1cccc(-c2ccc(C(=O)NCCCCN3CCC(N4CCCCC4)CC3)cc2)c1. The lowest BCUT2D eigenvalue weighted by atomic mass is 10.00. The summed E-state index contributed by atoms with van der Waals surface area (Å²) in [6, 6.07) is 16.6. The molecule has 2 fully saturated rings. The van der Waals surface area contributed by atoms with Crippen LogP contribution in [0.1, 0.15) is 55.3 Å². The summed E-state index contributed by atoms with van der Waals surface area (Å²) in [5, 5.41) is 3.08. The van der Waals surface area contributed by atoms with Gasteiger partial charge in [0.2, 0.25) is 0 Å². The molecule has 5 nitrogen and oxygen atoms in total. The molecule has 1 amide bonds. The van der Waals surface area contributed by atoms with E-state index in [9.17, 15) is 4.79 Å². The van der Waals surface area contributed by atoms with Gasteiger partial charge in [0.15, 0.2) is 0 Å². The first-order valence-electron chi connectivity index (χ1n) is 12.7. The molecule has 0 spiro atoms. The molecular formula is C28H39N3O2. The minimum Gasteiger partial charge on any atom is -0.497 e. The van der Waals surface area contributed by atoms with Crippen molar-refractivity contribution in [3.8, 4) is 16.9 Å². The lowest BCUT2D eigenvalue weighted by Crippen LogP contribution is -2.46. The van der Waals surface area contributed by atoms with Crippen LogP contribution >= 0.6 is 0 Å². The van der Waals surface area contributed by atoms with E-state index in [1.54, 1.807) is 7.11 Å². The molecule has 0 unspecified atom stereocenters. The van der Waals surface area contributed by atoms with E-state index in [-0.39, 0.29) is 5.91 Å².